The van der Waals surface area contributed by atoms with Gasteiger partial charge >= 0.3 is 0 Å². The van der Waals surface area contributed by atoms with Crippen LogP contribution in [0.3, 0.4) is 0 Å². The molecule has 0 fully saturated rings. The summed E-state index contributed by atoms with van der Waals surface area (Å²) in [7, 11) is 0. The van der Waals surface area contributed by atoms with Crippen LogP contribution >= 0.6 is 0 Å². The zero-order chi connectivity index (χ0) is 98.6. The third-order valence-electron chi connectivity index (χ3n) is 29.9. The lowest BCUT2D eigenvalue weighted by Gasteiger charge is -2.26. The third kappa shape index (κ3) is 15.6. The molecule has 10 nitrogen and oxygen atoms in total. The van der Waals surface area contributed by atoms with Gasteiger partial charge in [-0.05, 0) is 159 Å². The first kappa shape index (κ1) is 88.5. The fourth-order valence-corrected chi connectivity index (χ4v) is 22.9. The Balaban J connectivity index is 0.000000112. The van der Waals surface area contributed by atoms with Gasteiger partial charge in [0, 0.05) is 99.2 Å². The van der Waals surface area contributed by atoms with E-state index in [9.17, 15) is 0 Å². The molecule has 0 amide bonds. The second-order valence-electron chi connectivity index (χ2n) is 39.9. The molecule has 0 spiro atoms. The molecule has 3 aliphatic carbocycles. The van der Waals surface area contributed by atoms with Crippen LogP contribution in [0.15, 0.2) is 473 Å². The van der Waals surface area contributed by atoms with Crippen LogP contribution in [-0.4, -0.2) is 49.8 Å². The van der Waals surface area contributed by atoms with Crippen LogP contribution in [0.25, 0.3) is 245 Å². The predicted molar refractivity (Wildman–Crippen MR) is 606 cm³/mol. The first-order valence-corrected chi connectivity index (χ1v) is 50.3. The SMILES string of the molecule is CC1(C)c2ccccc2-c2nc3ccc4ccccc4c3c(-c3cccc(-c4cc(-c5ccc(-c6ccccc6)cc5)nc(-c5ccccc5)n4)c3)c21.CC1(C)c2ccccc2-c2nc3ccc4ccccc4c3c(-c3cccc(-c4cc(-c5ccccc5)nc(-c5ccccc5)n4)c3)c21.CC1(C)c2ccccc2-c2nc3ccc4ccccc4c3c(-c3cccc(-c4nc(-c5ccccc5)nc(-c5ccccc5)n4)c3)c21. The second-order valence-corrected chi connectivity index (χ2v) is 39.9. The molecule has 6 aromatic heterocycles. The van der Waals surface area contributed by atoms with Gasteiger partial charge in [-0.3, -0.25) is 0 Å². The van der Waals surface area contributed by atoms with E-state index in [1.165, 1.54) is 126 Å². The number of benzene rings is 19. The lowest BCUT2D eigenvalue weighted by atomic mass is 9.78. The molecule has 28 rings (SSSR count). The summed E-state index contributed by atoms with van der Waals surface area (Å²) in [4.78, 5) is 51.7. The van der Waals surface area contributed by atoms with Gasteiger partial charge in [-0.25, -0.2) is 49.8 Å². The van der Waals surface area contributed by atoms with Crippen molar-refractivity contribution < 1.29 is 0 Å². The fraction of sp³-hybridized carbons (Fsp3) is 0.0657. The van der Waals surface area contributed by atoms with Gasteiger partial charge in [-0.2, -0.15) is 0 Å². The normalized spacial score (nSPS) is 13.0. The van der Waals surface area contributed by atoms with Crippen molar-refractivity contribution in [2.75, 3.05) is 0 Å². The van der Waals surface area contributed by atoms with Crippen molar-refractivity contribution in [1.29, 1.82) is 0 Å². The minimum Gasteiger partial charge on any atom is -0.247 e. The summed E-state index contributed by atoms with van der Waals surface area (Å²) in [5.74, 6) is 3.36. The molecule has 19 aromatic carbocycles. The highest BCUT2D eigenvalue weighted by Gasteiger charge is 2.44. The molecule has 0 saturated carbocycles. The van der Waals surface area contributed by atoms with Gasteiger partial charge in [0.1, 0.15) is 0 Å². The Morgan fingerprint density at radius 1 is 0.156 bits per heavy atom. The van der Waals surface area contributed by atoms with Crippen LogP contribution in [0.2, 0.25) is 0 Å². The quantitative estimate of drug-likeness (QED) is 0.103. The molecular weight excluding hydrogens is 1790 g/mol. The van der Waals surface area contributed by atoms with E-state index in [1.807, 2.05) is 109 Å². The van der Waals surface area contributed by atoms with E-state index >= 15 is 0 Å². The molecule has 694 valence electrons. The van der Waals surface area contributed by atoms with E-state index in [0.717, 1.165) is 123 Å². The highest BCUT2D eigenvalue weighted by molar-refractivity contribution is 6.19. The topological polar surface area (TPSA) is 129 Å². The highest BCUT2D eigenvalue weighted by Crippen LogP contribution is 2.59. The van der Waals surface area contributed by atoms with Gasteiger partial charge in [0.15, 0.2) is 29.1 Å². The number of hydrogen-bond acceptors (Lipinski definition) is 10. The molecule has 25 aromatic rings. The lowest BCUT2D eigenvalue weighted by molar-refractivity contribution is 0.661. The number of fused-ring (bicyclic) bond motifs is 18. The first-order chi connectivity index (χ1) is 72.1. The summed E-state index contributed by atoms with van der Waals surface area (Å²) in [6.07, 6.45) is 0. The van der Waals surface area contributed by atoms with Crippen molar-refractivity contribution in [1.82, 2.24) is 49.8 Å². The number of aromatic nitrogens is 10. The Bertz CT molecular complexity index is 9080. The zero-order valence-electron chi connectivity index (χ0n) is 82.0. The zero-order valence-corrected chi connectivity index (χ0v) is 82.0. The maximum absolute atomic E-state index is 5.40. The molecule has 0 aliphatic heterocycles. The van der Waals surface area contributed by atoms with Crippen LogP contribution in [0, 0.1) is 0 Å². The predicted octanol–water partition coefficient (Wildman–Crippen LogP) is 34.5. The average Bonchev–Trinajstić information content (AvgIpc) is 1.41. The van der Waals surface area contributed by atoms with Crippen molar-refractivity contribution in [3.05, 3.63) is 507 Å². The number of nitrogens with zero attached hydrogens (tertiary/aromatic N) is 10. The molecule has 0 bridgehead atoms. The molecule has 3 aliphatic rings. The van der Waals surface area contributed by atoms with E-state index in [2.05, 4.69) is 406 Å². The summed E-state index contributed by atoms with van der Waals surface area (Å²) in [5.41, 5.74) is 38.9. The Morgan fingerprint density at radius 2 is 0.388 bits per heavy atom. The van der Waals surface area contributed by atoms with Gasteiger partial charge < -0.3 is 0 Å². The van der Waals surface area contributed by atoms with Gasteiger partial charge in [-0.1, -0.05) is 466 Å². The monoisotopic (exact) mass is 1880 g/mol. The minimum atomic E-state index is -0.247. The number of rotatable bonds is 13. The van der Waals surface area contributed by atoms with E-state index in [-0.39, 0.29) is 16.2 Å². The molecule has 0 atom stereocenters. The van der Waals surface area contributed by atoms with Crippen LogP contribution in [0.4, 0.5) is 0 Å². The Labute approximate surface area is 853 Å². The Hall–Kier alpha value is -18.6. The highest BCUT2D eigenvalue weighted by atomic mass is 15.0. The third-order valence-corrected chi connectivity index (χ3v) is 29.9. The first-order valence-electron chi connectivity index (χ1n) is 50.3. The van der Waals surface area contributed by atoms with Crippen molar-refractivity contribution in [2.24, 2.45) is 0 Å². The van der Waals surface area contributed by atoms with E-state index in [1.54, 1.807) is 0 Å². The Morgan fingerprint density at radius 3 is 0.728 bits per heavy atom. The smallest absolute Gasteiger partial charge is 0.164 e. The maximum Gasteiger partial charge on any atom is 0.164 e. The molecule has 6 heterocycles. The van der Waals surface area contributed by atoms with Crippen molar-refractivity contribution in [3.8, 4) is 180 Å². The van der Waals surface area contributed by atoms with Gasteiger partial charge in [0.2, 0.25) is 0 Å². The van der Waals surface area contributed by atoms with E-state index in [0.29, 0.717) is 29.1 Å². The van der Waals surface area contributed by atoms with Crippen molar-refractivity contribution in [3.63, 3.8) is 0 Å². The van der Waals surface area contributed by atoms with Crippen molar-refractivity contribution >= 4 is 65.0 Å². The summed E-state index contributed by atoms with van der Waals surface area (Å²) in [5, 5.41) is 10.8. The van der Waals surface area contributed by atoms with E-state index in [4.69, 9.17) is 49.8 Å². The largest absolute Gasteiger partial charge is 0.247 e. The summed E-state index contributed by atoms with van der Waals surface area (Å²) in [6.45, 7) is 14.0. The Kier molecular flexibility index (Phi) is 21.7. The molecule has 0 saturated heterocycles. The fourth-order valence-electron chi connectivity index (χ4n) is 22.9. The lowest BCUT2D eigenvalue weighted by Crippen LogP contribution is -2.17. The summed E-state index contributed by atoms with van der Waals surface area (Å²) in [6, 6.07) is 166. The minimum absolute atomic E-state index is 0.231. The van der Waals surface area contributed by atoms with Crippen LogP contribution < -0.4 is 0 Å². The van der Waals surface area contributed by atoms with E-state index < -0.39 is 0 Å². The standard InChI is InChI=1S/C50H35N3.C44H31N3.C43H30N4/c1-50(2)41-23-12-11-22-40(41)48-47(50)45(46-39-21-10-9-16-34(39)28-29-42(46)51-48)38-20-13-19-37(30-38)44-31-43(52-49(53-44)36-17-7-4-8-18-36)35-26-24-33(25-27-35)32-14-5-3-6-15-32;1-44(2)35-23-12-11-22-34(35)42-41(44)39(40-33-21-10-9-14-28(33)24-25-36(40)45-42)32-20-13-19-31(26-32)38-27-37(29-15-5-3-6-16-29)46-43(47-38)30-17-7-4-8-18-30;1-43(2)34-23-12-11-22-33(34)39-38(43)36(37-32-21-10-9-14-27(32)24-25-35(37)44-39)30-19-13-20-31(26-30)42-46-40(28-15-5-3-6-16-28)45-41(47-42)29-17-7-4-8-18-29/h3-31H,1-2H3;3-27H,1-2H3;3-26H,1-2H3. The molecule has 147 heavy (non-hydrogen) atoms. The molecule has 0 N–H and O–H groups in total. The average molecular weight is 1880 g/mol. The van der Waals surface area contributed by atoms with Gasteiger partial charge in [0.05, 0.1) is 56.4 Å². The van der Waals surface area contributed by atoms with Gasteiger partial charge in [-0.15, -0.1) is 0 Å². The number of pyridine rings is 3. The van der Waals surface area contributed by atoms with Crippen LogP contribution in [0.5, 0.6) is 0 Å². The second kappa shape index (κ2) is 36.1. The molecule has 0 radical (unpaired) electrons. The molecule has 10 heteroatoms. The maximum atomic E-state index is 5.40. The molecular formula is C137H96N10. The van der Waals surface area contributed by atoms with Gasteiger partial charge in [0.25, 0.3) is 0 Å². The van der Waals surface area contributed by atoms with Crippen LogP contribution in [0.1, 0.15) is 74.9 Å². The summed E-state index contributed by atoms with van der Waals surface area (Å²) >= 11 is 0. The summed E-state index contributed by atoms with van der Waals surface area (Å²) < 4.78 is 0. The molecule has 0 unspecified atom stereocenters. The van der Waals surface area contributed by atoms with Crippen molar-refractivity contribution in [2.45, 2.75) is 57.8 Å². The number of hydrogen-bond donors (Lipinski definition) is 0. The van der Waals surface area contributed by atoms with Crippen LogP contribution in [-0.2, 0) is 16.2 Å².